The lowest BCUT2D eigenvalue weighted by molar-refractivity contribution is 0.646. The third-order valence-corrected chi connectivity index (χ3v) is 5.39. The van der Waals surface area contributed by atoms with Crippen molar-refractivity contribution >= 4 is 22.3 Å². The van der Waals surface area contributed by atoms with E-state index in [4.69, 9.17) is 4.98 Å². The predicted molar refractivity (Wildman–Crippen MR) is 116 cm³/mol. The number of hydrogen-bond donors (Lipinski definition) is 0. The van der Waals surface area contributed by atoms with Crippen LogP contribution < -0.4 is 9.80 Å². The van der Waals surface area contributed by atoms with Crippen LogP contribution in [0.5, 0.6) is 0 Å². The summed E-state index contributed by atoms with van der Waals surface area (Å²) in [6.45, 7) is 3.88. The highest BCUT2D eigenvalue weighted by Crippen LogP contribution is 2.25. The van der Waals surface area contributed by atoms with Crippen molar-refractivity contribution in [2.75, 3.05) is 36.0 Å². The van der Waals surface area contributed by atoms with Crippen LogP contribution in [-0.2, 0) is 0 Å². The van der Waals surface area contributed by atoms with Gasteiger partial charge in [-0.2, -0.15) is 0 Å². The fourth-order valence-electron chi connectivity index (χ4n) is 3.83. The molecule has 2 heterocycles. The van der Waals surface area contributed by atoms with Gasteiger partial charge < -0.3 is 9.80 Å². The Hall–Kier alpha value is -3.40. The van der Waals surface area contributed by atoms with Crippen LogP contribution in [0.2, 0.25) is 0 Å². The molecule has 1 aromatic heterocycles. The van der Waals surface area contributed by atoms with Crippen molar-refractivity contribution in [1.29, 1.82) is 0 Å². The fourth-order valence-corrected chi connectivity index (χ4v) is 3.83. The van der Waals surface area contributed by atoms with Crippen LogP contribution >= 0.6 is 0 Å². The lowest BCUT2D eigenvalue weighted by Gasteiger charge is -2.36. The summed E-state index contributed by atoms with van der Waals surface area (Å²) in [5, 5.41) is 2.47. The topological polar surface area (TPSA) is 32.3 Å². The Kier molecular flexibility index (Phi) is 4.37. The number of rotatable bonds is 3. The second-order valence-corrected chi connectivity index (χ2v) is 7.13. The molecule has 4 heteroatoms. The molecule has 0 unspecified atom stereocenters. The number of benzene rings is 3. The van der Waals surface area contributed by atoms with Gasteiger partial charge in [-0.25, -0.2) is 4.98 Å². The van der Waals surface area contributed by atoms with Gasteiger partial charge in [0, 0.05) is 37.4 Å². The van der Waals surface area contributed by atoms with E-state index in [0.717, 1.165) is 43.3 Å². The summed E-state index contributed by atoms with van der Waals surface area (Å²) >= 11 is 0. The van der Waals surface area contributed by atoms with Crippen molar-refractivity contribution in [3.63, 3.8) is 0 Å². The van der Waals surface area contributed by atoms with Gasteiger partial charge in [0.2, 0.25) is 0 Å². The molecule has 0 atom stereocenters. The van der Waals surface area contributed by atoms with E-state index in [2.05, 4.69) is 87.6 Å². The second-order valence-electron chi connectivity index (χ2n) is 7.13. The lowest BCUT2D eigenvalue weighted by atomic mass is 10.1. The van der Waals surface area contributed by atoms with Crippen LogP contribution in [0.25, 0.3) is 22.0 Å². The number of hydrogen-bond acceptors (Lipinski definition) is 4. The van der Waals surface area contributed by atoms with Gasteiger partial charge in [-0.3, -0.25) is 4.98 Å². The Morgan fingerprint density at radius 3 is 2.18 bits per heavy atom. The maximum Gasteiger partial charge on any atom is 0.147 e. The van der Waals surface area contributed by atoms with Gasteiger partial charge >= 0.3 is 0 Å². The van der Waals surface area contributed by atoms with E-state index in [-0.39, 0.29) is 0 Å². The first kappa shape index (κ1) is 16.8. The van der Waals surface area contributed by atoms with Crippen LogP contribution in [0.3, 0.4) is 0 Å². The average Bonchev–Trinajstić information content (AvgIpc) is 2.79. The van der Waals surface area contributed by atoms with Gasteiger partial charge in [0.1, 0.15) is 5.82 Å². The zero-order valence-corrected chi connectivity index (χ0v) is 15.7. The number of fused-ring (bicyclic) bond motifs is 1. The summed E-state index contributed by atoms with van der Waals surface area (Å²) in [6, 6.07) is 25.5. The molecule has 28 heavy (non-hydrogen) atoms. The molecule has 1 saturated heterocycles. The second kappa shape index (κ2) is 7.31. The van der Waals surface area contributed by atoms with E-state index in [1.807, 2.05) is 12.4 Å². The molecular formula is C24H22N4. The maximum atomic E-state index is 4.92. The van der Waals surface area contributed by atoms with Crippen LogP contribution in [0.15, 0.2) is 85.2 Å². The van der Waals surface area contributed by atoms with Crippen molar-refractivity contribution in [3.05, 3.63) is 85.2 Å². The van der Waals surface area contributed by atoms with Crippen molar-refractivity contribution in [3.8, 4) is 11.3 Å². The SMILES string of the molecule is c1ccc(N2CCN(c3cncc(-c4ccc5ccccc5c4)n3)CC2)cc1. The zero-order valence-electron chi connectivity index (χ0n) is 15.7. The maximum absolute atomic E-state index is 4.92. The van der Waals surface area contributed by atoms with E-state index >= 15 is 0 Å². The quantitative estimate of drug-likeness (QED) is 0.529. The lowest BCUT2D eigenvalue weighted by Crippen LogP contribution is -2.46. The van der Waals surface area contributed by atoms with Crippen molar-refractivity contribution < 1.29 is 0 Å². The summed E-state index contributed by atoms with van der Waals surface area (Å²) in [4.78, 5) is 14.1. The minimum atomic E-state index is 0.925. The molecule has 1 aliphatic heterocycles. The third kappa shape index (κ3) is 3.29. The summed E-state index contributed by atoms with van der Waals surface area (Å²) < 4.78 is 0. The molecule has 0 amide bonds. The Bertz CT molecular complexity index is 1090. The molecule has 4 nitrogen and oxygen atoms in total. The van der Waals surface area contributed by atoms with Crippen LogP contribution in [0, 0.1) is 0 Å². The van der Waals surface area contributed by atoms with Gasteiger partial charge in [-0.1, -0.05) is 54.6 Å². The van der Waals surface area contributed by atoms with Crippen molar-refractivity contribution in [2.45, 2.75) is 0 Å². The number of piperazine rings is 1. The smallest absolute Gasteiger partial charge is 0.147 e. The first-order valence-electron chi connectivity index (χ1n) is 9.73. The molecule has 138 valence electrons. The largest absolute Gasteiger partial charge is 0.368 e. The van der Waals surface area contributed by atoms with Gasteiger partial charge in [0.15, 0.2) is 0 Å². The first-order chi connectivity index (χ1) is 13.9. The monoisotopic (exact) mass is 366 g/mol. The third-order valence-electron chi connectivity index (χ3n) is 5.39. The number of nitrogens with zero attached hydrogens (tertiary/aromatic N) is 4. The zero-order chi connectivity index (χ0) is 18.8. The van der Waals surface area contributed by atoms with E-state index in [1.165, 1.54) is 16.5 Å². The highest BCUT2D eigenvalue weighted by Gasteiger charge is 2.19. The van der Waals surface area contributed by atoms with E-state index < -0.39 is 0 Å². The molecule has 0 spiro atoms. The Balaban J connectivity index is 1.36. The minimum Gasteiger partial charge on any atom is -0.368 e. The van der Waals surface area contributed by atoms with Crippen molar-refractivity contribution in [1.82, 2.24) is 9.97 Å². The van der Waals surface area contributed by atoms with Gasteiger partial charge in [-0.15, -0.1) is 0 Å². The number of para-hydroxylation sites is 1. The van der Waals surface area contributed by atoms with Crippen LogP contribution in [-0.4, -0.2) is 36.1 Å². The molecular weight excluding hydrogens is 344 g/mol. The molecule has 0 bridgehead atoms. The fraction of sp³-hybridized carbons (Fsp3) is 0.167. The standard InChI is InChI=1S/C24H22N4/c1-2-8-22(9-3-1)27-12-14-28(15-13-27)24-18-25-17-23(26-24)21-11-10-19-6-4-5-7-20(19)16-21/h1-11,16-18H,12-15H2. The molecule has 0 saturated carbocycles. The number of aromatic nitrogens is 2. The van der Waals surface area contributed by atoms with E-state index in [0.29, 0.717) is 0 Å². The van der Waals surface area contributed by atoms with Gasteiger partial charge in [0.05, 0.1) is 18.1 Å². The Labute approximate surface area is 165 Å². The summed E-state index contributed by atoms with van der Waals surface area (Å²) in [5.41, 5.74) is 3.32. The van der Waals surface area contributed by atoms with Crippen LogP contribution in [0.1, 0.15) is 0 Å². The highest BCUT2D eigenvalue weighted by molar-refractivity contribution is 5.86. The minimum absolute atomic E-state index is 0.925. The summed E-state index contributed by atoms with van der Waals surface area (Å²) in [7, 11) is 0. The summed E-state index contributed by atoms with van der Waals surface area (Å²) in [6.07, 6.45) is 3.73. The Morgan fingerprint density at radius 2 is 1.36 bits per heavy atom. The van der Waals surface area contributed by atoms with Gasteiger partial charge in [-0.05, 0) is 29.0 Å². The van der Waals surface area contributed by atoms with Crippen LogP contribution in [0.4, 0.5) is 11.5 Å². The summed E-state index contributed by atoms with van der Waals surface area (Å²) in [5.74, 6) is 0.957. The van der Waals surface area contributed by atoms with E-state index in [9.17, 15) is 0 Å². The molecule has 4 aromatic rings. The average molecular weight is 366 g/mol. The van der Waals surface area contributed by atoms with E-state index in [1.54, 1.807) is 0 Å². The first-order valence-corrected chi connectivity index (χ1v) is 9.73. The molecule has 3 aromatic carbocycles. The molecule has 0 radical (unpaired) electrons. The molecule has 1 aliphatic rings. The molecule has 1 fully saturated rings. The molecule has 0 aliphatic carbocycles. The van der Waals surface area contributed by atoms with Gasteiger partial charge in [0.25, 0.3) is 0 Å². The Morgan fingerprint density at radius 1 is 0.643 bits per heavy atom. The predicted octanol–water partition coefficient (Wildman–Crippen LogP) is 4.62. The van der Waals surface area contributed by atoms with Crippen molar-refractivity contribution in [2.24, 2.45) is 0 Å². The molecule has 0 N–H and O–H groups in total. The highest BCUT2D eigenvalue weighted by atomic mass is 15.3. The molecule has 5 rings (SSSR count). The number of anilines is 2. The normalized spacial score (nSPS) is 14.4.